The smallest absolute Gasteiger partial charge is 0.150 e. The van der Waals surface area contributed by atoms with Crippen LogP contribution in [-0.2, 0) is 4.74 Å². The monoisotopic (exact) mass is 436 g/mol. The number of piperidine rings is 1. The van der Waals surface area contributed by atoms with E-state index in [1.165, 1.54) is 5.57 Å². The minimum atomic E-state index is -0.237. The van der Waals surface area contributed by atoms with Gasteiger partial charge in [-0.05, 0) is 75.9 Å². The summed E-state index contributed by atoms with van der Waals surface area (Å²) in [6, 6.07) is 6.09. The Hall–Kier alpha value is -2.43. The Balaban J connectivity index is 0.000000460. The van der Waals surface area contributed by atoms with Crippen LogP contribution in [0.15, 0.2) is 59.9 Å². The predicted molar refractivity (Wildman–Crippen MR) is 136 cm³/mol. The molecule has 4 rings (SSSR count). The zero-order chi connectivity index (χ0) is 23.6. The second-order valence-electron chi connectivity index (χ2n) is 8.37. The first-order chi connectivity index (χ1) is 15.5. The van der Waals surface area contributed by atoms with Gasteiger partial charge < -0.3 is 15.0 Å². The average Bonchev–Trinajstić information content (AvgIpc) is 3.06. The fraction of sp³-hybridized carbons (Fsp3) is 0.464. The van der Waals surface area contributed by atoms with Gasteiger partial charge in [0.05, 0.1) is 0 Å². The Labute approximate surface area is 194 Å². The van der Waals surface area contributed by atoms with Gasteiger partial charge in [-0.1, -0.05) is 57.2 Å². The van der Waals surface area contributed by atoms with E-state index in [0.717, 1.165) is 73.2 Å². The highest BCUT2D eigenvalue weighted by atomic mass is 16.5. The molecule has 0 amide bonds. The van der Waals surface area contributed by atoms with Crippen LogP contribution < -0.4 is 5.32 Å². The topological polar surface area (TPSA) is 41.6 Å². The zero-order valence-electron chi connectivity index (χ0n) is 20.7. The number of aldehydes is 1. The molecule has 1 N–H and O–H groups in total. The number of carbonyl (C=O) groups excluding carboxylic acids is 1. The Bertz CT molecular complexity index is 885. The third kappa shape index (κ3) is 6.54. The van der Waals surface area contributed by atoms with E-state index in [9.17, 15) is 4.79 Å². The van der Waals surface area contributed by atoms with Gasteiger partial charge in [-0.25, -0.2) is 0 Å². The third-order valence-corrected chi connectivity index (χ3v) is 5.91. The first-order valence-electron chi connectivity index (χ1n) is 11.9. The molecule has 4 nitrogen and oxygen atoms in total. The van der Waals surface area contributed by atoms with Crippen LogP contribution >= 0.6 is 0 Å². The maximum Gasteiger partial charge on any atom is 0.150 e. The Morgan fingerprint density at radius 1 is 1.16 bits per heavy atom. The maximum absolute atomic E-state index is 11.2. The molecule has 0 aromatic heterocycles. The second-order valence-corrected chi connectivity index (χ2v) is 8.37. The molecule has 1 fully saturated rings. The summed E-state index contributed by atoms with van der Waals surface area (Å²) in [5, 5.41) is 3.42. The van der Waals surface area contributed by atoms with E-state index in [1.807, 2.05) is 26.8 Å². The Morgan fingerprint density at radius 2 is 1.84 bits per heavy atom. The van der Waals surface area contributed by atoms with Crippen LogP contribution in [0.25, 0.3) is 5.57 Å². The second kappa shape index (κ2) is 12.6. The summed E-state index contributed by atoms with van der Waals surface area (Å²) in [7, 11) is 4.11. The fourth-order valence-electron chi connectivity index (χ4n) is 3.84. The molecule has 1 saturated heterocycles. The van der Waals surface area contributed by atoms with Crippen LogP contribution in [0.2, 0.25) is 0 Å². The van der Waals surface area contributed by atoms with E-state index in [0.29, 0.717) is 0 Å². The largest absolute Gasteiger partial charge is 0.482 e. The summed E-state index contributed by atoms with van der Waals surface area (Å²) < 4.78 is 6.49. The van der Waals surface area contributed by atoms with Gasteiger partial charge in [0.15, 0.2) is 0 Å². The molecule has 3 aliphatic rings. The molecule has 0 radical (unpaired) electrons. The van der Waals surface area contributed by atoms with Crippen molar-refractivity contribution in [2.75, 3.05) is 33.7 Å². The van der Waals surface area contributed by atoms with Gasteiger partial charge in [-0.2, -0.15) is 0 Å². The highest BCUT2D eigenvalue weighted by Gasteiger charge is 2.38. The third-order valence-electron chi connectivity index (χ3n) is 5.91. The standard InChI is InChI=1S/C22H23NO2.C4H11N.C2H6/c1-16-13-17(7-8-18(16)15-24)20-14-22(9-11-23-12-10-22)25-21-6-4-2-3-5-19(20)21;1-4-5(2)3;1-2/h2,4-8,13-15,23H,3,9-12H2,1H3;4H2,1-3H3;1-2H3. The van der Waals surface area contributed by atoms with Crippen molar-refractivity contribution in [1.29, 1.82) is 0 Å². The number of hydrogen-bond donors (Lipinski definition) is 1. The highest BCUT2D eigenvalue weighted by molar-refractivity contribution is 5.87. The van der Waals surface area contributed by atoms with Crippen molar-refractivity contribution in [3.8, 4) is 0 Å². The summed E-state index contributed by atoms with van der Waals surface area (Å²) in [6.45, 7) is 11.2. The molecule has 174 valence electrons. The molecule has 2 aliphatic heterocycles. The van der Waals surface area contributed by atoms with Crippen molar-refractivity contribution in [2.45, 2.75) is 52.6 Å². The number of rotatable bonds is 3. The molecule has 0 unspecified atom stereocenters. The summed E-state index contributed by atoms with van der Waals surface area (Å²) in [6.07, 6.45) is 14.6. The van der Waals surface area contributed by atoms with Gasteiger partial charge >= 0.3 is 0 Å². The molecule has 2 heterocycles. The summed E-state index contributed by atoms with van der Waals surface area (Å²) >= 11 is 0. The van der Waals surface area contributed by atoms with Crippen molar-refractivity contribution >= 4 is 11.9 Å². The number of benzene rings is 1. The Kier molecular flexibility index (Phi) is 10.1. The fourth-order valence-corrected chi connectivity index (χ4v) is 3.84. The minimum Gasteiger partial charge on any atom is -0.482 e. The van der Waals surface area contributed by atoms with Crippen molar-refractivity contribution in [2.24, 2.45) is 0 Å². The van der Waals surface area contributed by atoms with Crippen LogP contribution in [0, 0.1) is 6.92 Å². The molecule has 1 aromatic carbocycles. The minimum absolute atomic E-state index is 0.237. The predicted octanol–water partition coefficient (Wildman–Crippen LogP) is 5.71. The van der Waals surface area contributed by atoms with Gasteiger partial charge in [-0.15, -0.1) is 0 Å². The number of carbonyl (C=O) groups is 1. The number of nitrogens with one attached hydrogen (secondary N) is 1. The van der Waals surface area contributed by atoms with Crippen molar-refractivity contribution in [3.05, 3.63) is 76.6 Å². The quantitative estimate of drug-likeness (QED) is 0.617. The van der Waals surface area contributed by atoms with Gasteiger partial charge in [0.2, 0.25) is 0 Å². The summed E-state index contributed by atoms with van der Waals surface area (Å²) in [4.78, 5) is 13.3. The Morgan fingerprint density at radius 3 is 2.44 bits per heavy atom. The highest BCUT2D eigenvalue weighted by Crippen LogP contribution is 2.43. The summed E-state index contributed by atoms with van der Waals surface area (Å²) in [5.74, 6) is 0.963. The molecule has 1 aliphatic carbocycles. The number of hydrogen-bond acceptors (Lipinski definition) is 4. The van der Waals surface area contributed by atoms with Gasteiger partial charge in [0.1, 0.15) is 17.6 Å². The number of nitrogens with zero attached hydrogens (tertiary/aromatic N) is 1. The lowest BCUT2D eigenvalue weighted by Crippen LogP contribution is -2.44. The molecular weight excluding hydrogens is 396 g/mol. The van der Waals surface area contributed by atoms with E-state index < -0.39 is 0 Å². The van der Waals surface area contributed by atoms with Crippen molar-refractivity contribution in [3.63, 3.8) is 0 Å². The SMILES string of the molecule is CC.CCN(C)C.Cc1cc(C2=CC3(CCNCC3)OC3=CC=CCC=C32)ccc1C=O. The lowest BCUT2D eigenvalue weighted by atomic mass is 9.82. The molecular formula is C28H40N2O2. The van der Waals surface area contributed by atoms with Crippen LogP contribution in [0.4, 0.5) is 0 Å². The van der Waals surface area contributed by atoms with Crippen LogP contribution in [-0.4, -0.2) is 50.5 Å². The van der Waals surface area contributed by atoms with Crippen LogP contribution in [0.1, 0.15) is 61.5 Å². The van der Waals surface area contributed by atoms with Gasteiger partial charge in [-0.3, -0.25) is 4.79 Å². The molecule has 0 saturated carbocycles. The molecule has 1 spiro atoms. The molecule has 1 aromatic rings. The van der Waals surface area contributed by atoms with E-state index in [2.05, 4.69) is 73.7 Å². The normalized spacial score (nSPS) is 18.4. The first kappa shape index (κ1) is 25.8. The average molecular weight is 437 g/mol. The molecule has 32 heavy (non-hydrogen) atoms. The van der Waals surface area contributed by atoms with Gasteiger partial charge in [0, 0.05) is 24.0 Å². The molecule has 0 bridgehead atoms. The first-order valence-corrected chi connectivity index (χ1v) is 11.9. The summed E-state index contributed by atoms with van der Waals surface area (Å²) in [5.41, 5.74) is 5.07. The molecule has 4 heteroatoms. The van der Waals surface area contributed by atoms with Crippen molar-refractivity contribution in [1.82, 2.24) is 10.2 Å². The number of ether oxygens (including phenoxy) is 1. The zero-order valence-corrected chi connectivity index (χ0v) is 20.7. The lowest BCUT2D eigenvalue weighted by molar-refractivity contribution is 0.0202. The number of allylic oxidation sites excluding steroid dienone is 5. The van der Waals surface area contributed by atoms with E-state index in [-0.39, 0.29) is 5.60 Å². The van der Waals surface area contributed by atoms with Crippen LogP contribution in [0.5, 0.6) is 0 Å². The maximum atomic E-state index is 11.2. The van der Waals surface area contributed by atoms with Crippen LogP contribution in [0.3, 0.4) is 0 Å². The van der Waals surface area contributed by atoms with Crippen molar-refractivity contribution < 1.29 is 9.53 Å². The number of aryl methyl sites for hydroxylation is 1. The lowest BCUT2D eigenvalue weighted by Gasteiger charge is -2.41. The van der Waals surface area contributed by atoms with E-state index in [4.69, 9.17) is 4.74 Å². The van der Waals surface area contributed by atoms with Gasteiger partial charge in [0.25, 0.3) is 0 Å². The molecule has 0 atom stereocenters. The van der Waals surface area contributed by atoms with E-state index >= 15 is 0 Å². The van der Waals surface area contributed by atoms with E-state index in [1.54, 1.807) is 0 Å². The number of fused-ring (bicyclic) bond motifs is 1.